The second kappa shape index (κ2) is 15.9. The van der Waals surface area contributed by atoms with Crippen LogP contribution in [0.4, 0.5) is 34.1 Å². The quantitative estimate of drug-likeness (QED) is 0.0870. The van der Waals surface area contributed by atoms with E-state index in [1.54, 1.807) is 68.4 Å². The van der Waals surface area contributed by atoms with Gasteiger partial charge in [-0.05, 0) is 116 Å². The van der Waals surface area contributed by atoms with Crippen molar-refractivity contribution in [3.05, 3.63) is 138 Å². The van der Waals surface area contributed by atoms with Crippen LogP contribution in [-0.2, 0) is 25.7 Å². The minimum atomic E-state index is -5.05. The van der Waals surface area contributed by atoms with E-state index < -0.39 is 36.3 Å². The number of fused-ring (bicyclic) bond motifs is 1. The maximum atomic E-state index is 12.9. The van der Waals surface area contributed by atoms with Crippen LogP contribution >= 0.6 is 0 Å². The largest absolute Gasteiger partial charge is 1.00 e. The first-order valence-corrected chi connectivity index (χ1v) is 18.7. The molecule has 6 rings (SSSR count). The van der Waals surface area contributed by atoms with Gasteiger partial charge in [-0.1, -0.05) is 48.0 Å². The van der Waals surface area contributed by atoms with Crippen molar-refractivity contribution in [2.45, 2.75) is 36.3 Å². The van der Waals surface area contributed by atoms with Crippen molar-refractivity contribution in [3.63, 3.8) is 0 Å². The molecule has 6 aromatic rings. The van der Waals surface area contributed by atoms with Crippen LogP contribution in [-0.4, -0.2) is 26.5 Å². The first-order valence-electron chi connectivity index (χ1n) is 15.7. The summed E-state index contributed by atoms with van der Waals surface area (Å²) in [6, 6.07) is 32.3. The molecule has 0 spiro atoms. The molecule has 0 bridgehead atoms. The number of sulfone groups is 1. The molecule has 0 unspecified atom stereocenters. The van der Waals surface area contributed by atoms with Gasteiger partial charge in [-0.25, -0.2) is 16.8 Å². The van der Waals surface area contributed by atoms with Gasteiger partial charge in [0, 0.05) is 16.8 Å². The summed E-state index contributed by atoms with van der Waals surface area (Å²) < 4.78 is 62.8. The third kappa shape index (κ3) is 8.99. The summed E-state index contributed by atoms with van der Waals surface area (Å²) >= 11 is 0. The van der Waals surface area contributed by atoms with E-state index >= 15 is 0 Å². The smallest absolute Gasteiger partial charge is 0.744 e. The number of aryl methyl sites for hydroxylation is 3. The Balaban J connectivity index is 0.00000523. The zero-order valence-electron chi connectivity index (χ0n) is 28.8. The van der Waals surface area contributed by atoms with Gasteiger partial charge in [0.15, 0.2) is 15.6 Å². The SMILES string of the molecule is Cc1ccc(CS(=O)(=O)c2ccc(N=Nc3cc(C)c(N=Nc4c(S(=O)(=O)[O-])cc5cc(Nc6ccccc6)ccc5c4O)cc3C)cc2)cc1.[Na+]. The molecular formula is C38H32N5NaO6S2. The molecule has 0 atom stereocenters. The predicted molar refractivity (Wildman–Crippen MR) is 196 cm³/mol. The maximum absolute atomic E-state index is 12.9. The van der Waals surface area contributed by atoms with Crippen molar-refractivity contribution in [1.29, 1.82) is 0 Å². The van der Waals surface area contributed by atoms with Gasteiger partial charge in [0.1, 0.15) is 15.8 Å². The Morgan fingerprint density at radius 2 is 1.29 bits per heavy atom. The van der Waals surface area contributed by atoms with Gasteiger partial charge in [-0.2, -0.15) is 15.3 Å². The van der Waals surface area contributed by atoms with Crippen LogP contribution in [0.25, 0.3) is 10.8 Å². The monoisotopic (exact) mass is 741 g/mol. The minimum absolute atomic E-state index is 0. The topological polar surface area (TPSA) is 173 Å². The van der Waals surface area contributed by atoms with Gasteiger partial charge in [0.25, 0.3) is 0 Å². The molecule has 258 valence electrons. The van der Waals surface area contributed by atoms with Crippen LogP contribution < -0.4 is 34.9 Å². The van der Waals surface area contributed by atoms with E-state index in [9.17, 15) is 26.5 Å². The second-order valence-electron chi connectivity index (χ2n) is 12.0. The molecule has 14 heteroatoms. The summed E-state index contributed by atoms with van der Waals surface area (Å²) in [5.41, 5.74) is 5.30. The molecule has 0 aliphatic rings. The van der Waals surface area contributed by atoms with Crippen LogP contribution in [0.3, 0.4) is 0 Å². The molecule has 0 saturated heterocycles. The molecule has 0 amide bonds. The van der Waals surface area contributed by atoms with Crippen LogP contribution in [0.2, 0.25) is 0 Å². The fourth-order valence-electron chi connectivity index (χ4n) is 5.33. The zero-order valence-corrected chi connectivity index (χ0v) is 32.4. The molecule has 0 fully saturated rings. The fraction of sp³-hybridized carbons (Fsp3) is 0.105. The van der Waals surface area contributed by atoms with Gasteiger partial charge >= 0.3 is 29.6 Å². The van der Waals surface area contributed by atoms with E-state index in [2.05, 4.69) is 25.8 Å². The Morgan fingerprint density at radius 3 is 1.90 bits per heavy atom. The summed E-state index contributed by atoms with van der Waals surface area (Å²) in [6.07, 6.45) is 0. The van der Waals surface area contributed by atoms with E-state index in [0.717, 1.165) is 11.3 Å². The molecule has 0 aliphatic carbocycles. The Kier molecular flexibility index (Phi) is 11.7. The van der Waals surface area contributed by atoms with Crippen molar-refractivity contribution in [2.75, 3.05) is 5.32 Å². The van der Waals surface area contributed by atoms with Gasteiger partial charge in [0.2, 0.25) is 0 Å². The molecule has 2 N–H and O–H groups in total. The number of rotatable bonds is 10. The molecule has 0 saturated carbocycles. The van der Waals surface area contributed by atoms with Crippen molar-refractivity contribution >= 4 is 64.9 Å². The van der Waals surface area contributed by atoms with Crippen LogP contribution in [0.1, 0.15) is 22.3 Å². The van der Waals surface area contributed by atoms with Gasteiger partial charge in [-0.3, -0.25) is 0 Å². The number of hydrogen-bond acceptors (Lipinski definition) is 11. The molecule has 11 nitrogen and oxygen atoms in total. The molecular weight excluding hydrogens is 710 g/mol. The van der Waals surface area contributed by atoms with Crippen LogP contribution in [0, 0.1) is 20.8 Å². The third-order valence-electron chi connectivity index (χ3n) is 8.10. The van der Waals surface area contributed by atoms with Gasteiger partial charge in [0.05, 0.1) is 32.6 Å². The number of anilines is 2. The van der Waals surface area contributed by atoms with Crippen LogP contribution in [0.15, 0.2) is 146 Å². The van der Waals surface area contributed by atoms with Crippen LogP contribution in [0.5, 0.6) is 5.75 Å². The first kappa shape index (κ1) is 38.5. The van der Waals surface area contributed by atoms with E-state index in [4.69, 9.17) is 0 Å². The summed E-state index contributed by atoms with van der Waals surface area (Å²) in [4.78, 5) is -0.527. The Hall–Kier alpha value is -4.76. The first-order chi connectivity index (χ1) is 24.3. The average molecular weight is 742 g/mol. The van der Waals surface area contributed by atoms with Gasteiger partial charge < -0.3 is 15.0 Å². The molecule has 6 aromatic carbocycles. The minimum Gasteiger partial charge on any atom is -0.744 e. The summed E-state index contributed by atoms with van der Waals surface area (Å²) in [5.74, 6) is -0.607. The number of phenols is 1. The maximum Gasteiger partial charge on any atom is 1.00 e. The molecule has 0 radical (unpaired) electrons. The van der Waals surface area contributed by atoms with E-state index in [-0.39, 0.29) is 45.6 Å². The number of phenolic OH excluding ortho intramolecular Hbond substituents is 1. The summed E-state index contributed by atoms with van der Waals surface area (Å²) in [7, 11) is -8.60. The summed E-state index contributed by atoms with van der Waals surface area (Å²) in [6.45, 7) is 5.46. The standard InChI is InChI=1S/C38H33N5O6S2.Na/c1-24-9-11-27(12-10-24)23-50(45,46)32-16-13-30(14-17-32)40-41-34-19-26(3)35(20-25(34)2)42-43-37-36(51(47,48)49)22-28-21-31(15-18-33(28)38(37)44)39-29-7-5-4-6-8-29;/h4-22,39,44H,23H2,1-3H3,(H,47,48,49);/q;+1/p-1. The molecule has 52 heavy (non-hydrogen) atoms. The summed E-state index contributed by atoms with van der Waals surface area (Å²) in [5, 5.41) is 31.7. The number of nitrogens with zero attached hydrogens (tertiary/aromatic N) is 4. The van der Waals surface area contributed by atoms with E-state index in [1.807, 2.05) is 49.4 Å². The second-order valence-corrected chi connectivity index (χ2v) is 15.4. The molecule has 0 aromatic heterocycles. The predicted octanol–water partition coefficient (Wildman–Crippen LogP) is 6.93. The van der Waals surface area contributed by atoms with Crippen molar-refractivity contribution < 1.29 is 56.1 Å². The van der Waals surface area contributed by atoms with Crippen molar-refractivity contribution in [2.24, 2.45) is 20.5 Å². The number of para-hydroxylation sites is 1. The van der Waals surface area contributed by atoms with E-state index in [0.29, 0.717) is 44.8 Å². The average Bonchev–Trinajstić information content (AvgIpc) is 3.09. The number of hydrogen-bond donors (Lipinski definition) is 2. The number of azo groups is 2. The molecule has 0 heterocycles. The number of benzene rings is 6. The zero-order chi connectivity index (χ0) is 36.3. The third-order valence-corrected chi connectivity index (χ3v) is 10.7. The molecule has 0 aliphatic heterocycles. The van der Waals surface area contributed by atoms with Crippen molar-refractivity contribution in [3.8, 4) is 5.75 Å². The normalized spacial score (nSPS) is 12.0. The number of nitrogens with one attached hydrogen (secondary N) is 1. The number of aromatic hydroxyl groups is 1. The van der Waals surface area contributed by atoms with Gasteiger partial charge in [-0.15, -0.1) is 5.11 Å². The van der Waals surface area contributed by atoms with E-state index in [1.165, 1.54) is 18.2 Å². The fourth-order valence-corrected chi connectivity index (χ4v) is 7.32. The Morgan fingerprint density at radius 1 is 0.673 bits per heavy atom. The Labute approximate surface area is 324 Å². The van der Waals surface area contributed by atoms with Crippen molar-refractivity contribution in [1.82, 2.24) is 0 Å². The Bertz CT molecular complexity index is 2550.